The Balaban J connectivity index is 1.64. The van der Waals surface area contributed by atoms with Crippen molar-refractivity contribution in [1.29, 1.82) is 0 Å². The number of rotatable bonds is 4. The van der Waals surface area contributed by atoms with Crippen molar-refractivity contribution in [2.24, 2.45) is 0 Å². The monoisotopic (exact) mass is 432 g/mol. The fourth-order valence-electron chi connectivity index (χ4n) is 3.89. The summed E-state index contributed by atoms with van der Waals surface area (Å²) in [6.45, 7) is 1.40. The highest BCUT2D eigenvalue weighted by Crippen LogP contribution is 2.38. The molecule has 0 aromatic heterocycles. The topological polar surface area (TPSA) is 102 Å². The minimum absolute atomic E-state index is 0.0281. The maximum absolute atomic E-state index is 13.2. The van der Waals surface area contributed by atoms with Crippen molar-refractivity contribution in [1.82, 2.24) is 0 Å². The number of carbonyl (C=O) groups excluding carboxylic acids is 2. The molecule has 0 saturated heterocycles. The van der Waals surface area contributed by atoms with E-state index in [1.165, 1.54) is 19.1 Å². The molecule has 1 heterocycles. The summed E-state index contributed by atoms with van der Waals surface area (Å²) in [5, 5.41) is 7.63. The van der Waals surface area contributed by atoms with Crippen LogP contribution in [0.25, 0.3) is 21.5 Å². The van der Waals surface area contributed by atoms with Crippen LogP contribution in [0, 0.1) is 0 Å². The van der Waals surface area contributed by atoms with Gasteiger partial charge >= 0.3 is 10.1 Å². The molecule has 2 N–H and O–H groups in total. The average Bonchev–Trinajstić information content (AvgIpc) is 3.07. The zero-order chi connectivity index (χ0) is 21.8. The van der Waals surface area contributed by atoms with Gasteiger partial charge in [0, 0.05) is 45.4 Å². The van der Waals surface area contributed by atoms with Crippen LogP contribution in [0.15, 0.2) is 71.6 Å². The summed E-state index contributed by atoms with van der Waals surface area (Å²) in [5.74, 6) is -0.361. The molecule has 0 aliphatic carbocycles. The Morgan fingerprint density at radius 2 is 1.65 bits per heavy atom. The summed E-state index contributed by atoms with van der Waals surface area (Å²) < 4.78 is 32.0. The largest absolute Gasteiger partial charge is 0.378 e. The molecule has 1 aliphatic heterocycles. The van der Waals surface area contributed by atoms with Crippen LogP contribution >= 0.6 is 0 Å². The van der Waals surface area contributed by atoms with Crippen molar-refractivity contribution in [3.63, 3.8) is 0 Å². The molecule has 0 bridgehead atoms. The second-order valence-corrected chi connectivity index (χ2v) is 8.68. The van der Waals surface area contributed by atoms with Gasteiger partial charge in [0.1, 0.15) is 4.90 Å². The number of carbonyl (C=O) groups is 2. The highest BCUT2D eigenvalue weighted by Gasteiger charge is 2.27. The molecule has 7 nitrogen and oxygen atoms in total. The third-order valence-electron chi connectivity index (χ3n) is 5.16. The summed E-state index contributed by atoms with van der Waals surface area (Å²) >= 11 is 0. The molecule has 4 aromatic carbocycles. The Labute approximate surface area is 177 Å². The summed E-state index contributed by atoms with van der Waals surface area (Å²) in [6.07, 6.45) is 0. The molecule has 0 fully saturated rings. The van der Waals surface area contributed by atoms with Gasteiger partial charge in [0.25, 0.3) is 5.91 Å². The molecule has 31 heavy (non-hydrogen) atoms. The number of hydrogen-bond donors (Lipinski definition) is 2. The zero-order valence-corrected chi connectivity index (χ0v) is 17.1. The highest BCUT2D eigenvalue weighted by atomic mass is 32.2. The second-order valence-electron chi connectivity index (χ2n) is 7.17. The molecule has 4 aromatic rings. The Bertz CT molecular complexity index is 1530. The lowest BCUT2D eigenvalue weighted by molar-refractivity contribution is -0.114. The van der Waals surface area contributed by atoms with Gasteiger partial charge in [-0.1, -0.05) is 36.4 Å². The van der Waals surface area contributed by atoms with E-state index in [2.05, 4.69) is 10.6 Å². The van der Waals surface area contributed by atoms with E-state index in [4.69, 9.17) is 4.18 Å². The third-order valence-corrected chi connectivity index (χ3v) is 6.45. The minimum Gasteiger partial charge on any atom is -0.378 e. The van der Waals surface area contributed by atoms with E-state index in [0.29, 0.717) is 38.5 Å². The average molecular weight is 432 g/mol. The van der Waals surface area contributed by atoms with Crippen molar-refractivity contribution in [2.75, 3.05) is 10.6 Å². The van der Waals surface area contributed by atoms with E-state index in [1.807, 2.05) is 0 Å². The first-order valence-electron chi connectivity index (χ1n) is 9.46. The lowest BCUT2D eigenvalue weighted by atomic mass is 10.1. The van der Waals surface area contributed by atoms with Gasteiger partial charge in [0.15, 0.2) is 5.75 Å². The number of benzene rings is 4. The van der Waals surface area contributed by atoms with E-state index in [-0.39, 0.29) is 22.5 Å². The quantitative estimate of drug-likeness (QED) is 0.469. The van der Waals surface area contributed by atoms with Crippen LogP contribution in [0.1, 0.15) is 17.3 Å². The molecule has 8 heteroatoms. The Hall–Kier alpha value is -3.91. The Kier molecular flexibility index (Phi) is 4.19. The molecule has 154 valence electrons. The van der Waals surface area contributed by atoms with Crippen LogP contribution in [0.3, 0.4) is 0 Å². The van der Waals surface area contributed by atoms with Gasteiger partial charge in [-0.15, -0.1) is 0 Å². The van der Waals surface area contributed by atoms with E-state index in [1.54, 1.807) is 54.6 Å². The van der Waals surface area contributed by atoms with Crippen LogP contribution < -0.4 is 14.8 Å². The third kappa shape index (κ3) is 3.08. The maximum Gasteiger partial charge on any atom is 0.339 e. The Morgan fingerprint density at radius 3 is 2.42 bits per heavy atom. The molecule has 5 rings (SSSR count). The standard InChI is InChI=1S/C23H16N2O5S/c1-13(26)24-18-9-11-20(15-6-3-2-5-14(15)18)30-31(28,29)21-12-10-19-22-16(21)7-4-8-17(22)23(27)25-19/h2-12H,1H3,(H,24,26)(H,25,27). The summed E-state index contributed by atoms with van der Waals surface area (Å²) in [6, 6.07) is 18.1. The molecule has 0 unspecified atom stereocenters. The smallest absolute Gasteiger partial charge is 0.339 e. The van der Waals surface area contributed by atoms with Crippen LogP contribution in [0.4, 0.5) is 11.4 Å². The fourth-order valence-corrected chi connectivity index (χ4v) is 5.03. The van der Waals surface area contributed by atoms with Crippen molar-refractivity contribution in [3.8, 4) is 5.75 Å². The molecule has 2 amide bonds. The van der Waals surface area contributed by atoms with Crippen molar-refractivity contribution >= 4 is 54.9 Å². The summed E-state index contributed by atoms with van der Waals surface area (Å²) in [7, 11) is -4.22. The van der Waals surface area contributed by atoms with Gasteiger partial charge < -0.3 is 14.8 Å². The second kappa shape index (κ2) is 6.82. The van der Waals surface area contributed by atoms with Crippen molar-refractivity contribution in [3.05, 3.63) is 72.3 Å². The highest BCUT2D eigenvalue weighted by molar-refractivity contribution is 7.87. The van der Waals surface area contributed by atoms with Gasteiger partial charge in [-0.05, 0) is 30.3 Å². The van der Waals surface area contributed by atoms with Gasteiger partial charge in [-0.25, -0.2) is 0 Å². The van der Waals surface area contributed by atoms with E-state index in [0.717, 1.165) is 0 Å². The van der Waals surface area contributed by atoms with Gasteiger partial charge in [0.2, 0.25) is 5.91 Å². The molecular formula is C23H16N2O5S. The van der Waals surface area contributed by atoms with E-state index in [9.17, 15) is 18.0 Å². The number of nitrogens with one attached hydrogen (secondary N) is 2. The van der Waals surface area contributed by atoms with Gasteiger partial charge in [-0.2, -0.15) is 8.42 Å². The summed E-state index contributed by atoms with van der Waals surface area (Å²) in [4.78, 5) is 23.6. The van der Waals surface area contributed by atoms with Crippen LogP contribution in [0.5, 0.6) is 5.75 Å². The first-order valence-corrected chi connectivity index (χ1v) is 10.9. The first-order chi connectivity index (χ1) is 14.8. The molecule has 0 radical (unpaired) electrons. The molecule has 0 saturated carbocycles. The van der Waals surface area contributed by atoms with E-state index < -0.39 is 10.1 Å². The Morgan fingerprint density at radius 1 is 0.903 bits per heavy atom. The fraction of sp³-hybridized carbons (Fsp3) is 0.0435. The van der Waals surface area contributed by atoms with Crippen molar-refractivity contribution in [2.45, 2.75) is 11.8 Å². The van der Waals surface area contributed by atoms with Crippen LogP contribution in [-0.2, 0) is 14.9 Å². The van der Waals surface area contributed by atoms with Crippen LogP contribution in [0.2, 0.25) is 0 Å². The lowest BCUT2D eigenvalue weighted by Crippen LogP contribution is -2.11. The van der Waals surface area contributed by atoms with Crippen molar-refractivity contribution < 1.29 is 22.2 Å². The minimum atomic E-state index is -4.22. The number of hydrogen-bond acceptors (Lipinski definition) is 5. The lowest BCUT2D eigenvalue weighted by Gasteiger charge is -2.14. The maximum atomic E-state index is 13.2. The van der Waals surface area contributed by atoms with E-state index >= 15 is 0 Å². The molecule has 1 aliphatic rings. The number of amides is 2. The predicted molar refractivity (Wildman–Crippen MR) is 118 cm³/mol. The summed E-state index contributed by atoms with van der Waals surface area (Å²) in [5.41, 5.74) is 1.55. The molecular weight excluding hydrogens is 416 g/mol. The number of fused-ring (bicyclic) bond motifs is 1. The SMILES string of the molecule is CC(=O)Nc1ccc(OS(=O)(=O)c2ccc3c4c(cccc24)C(=O)N3)c2ccccc12. The van der Waals surface area contributed by atoms with Gasteiger partial charge in [-0.3, -0.25) is 9.59 Å². The van der Waals surface area contributed by atoms with Gasteiger partial charge in [0.05, 0.1) is 0 Å². The van der Waals surface area contributed by atoms with Crippen LogP contribution in [-0.4, -0.2) is 20.2 Å². The molecule has 0 atom stereocenters. The zero-order valence-electron chi connectivity index (χ0n) is 16.3. The first kappa shape index (κ1) is 19.1. The number of anilines is 2. The molecule has 0 spiro atoms. The normalized spacial score (nSPS) is 12.7. The predicted octanol–water partition coefficient (Wildman–Crippen LogP) is 4.28.